The van der Waals surface area contributed by atoms with Crippen LogP contribution >= 0.6 is 0 Å². The van der Waals surface area contributed by atoms with Crippen LogP contribution in [0.1, 0.15) is 28.3 Å². The van der Waals surface area contributed by atoms with Crippen LogP contribution in [0, 0.1) is 19.3 Å². The van der Waals surface area contributed by atoms with Gasteiger partial charge in [-0.05, 0) is 66.9 Å². The SMILES string of the molecule is COc1cc(C)c(C(Nc2ccc(C(=N)N)cc2)C(=O)O)cc1C. The number of nitrogen functional groups attached to an aromatic ring is 1. The summed E-state index contributed by atoms with van der Waals surface area (Å²) in [4.78, 5) is 11.7. The van der Waals surface area contributed by atoms with Crippen molar-refractivity contribution in [3.63, 3.8) is 0 Å². The van der Waals surface area contributed by atoms with Crippen molar-refractivity contribution < 1.29 is 14.6 Å². The Bertz CT molecular complexity index is 770. The summed E-state index contributed by atoms with van der Waals surface area (Å²) in [5, 5.41) is 20.0. The highest BCUT2D eigenvalue weighted by Gasteiger charge is 2.22. The lowest BCUT2D eigenvalue weighted by atomic mass is 9.97. The quantitative estimate of drug-likeness (QED) is 0.482. The molecule has 6 nitrogen and oxygen atoms in total. The first kappa shape index (κ1) is 17.3. The van der Waals surface area contributed by atoms with E-state index in [1.807, 2.05) is 26.0 Å². The van der Waals surface area contributed by atoms with E-state index in [4.69, 9.17) is 15.9 Å². The molecule has 0 fully saturated rings. The van der Waals surface area contributed by atoms with Gasteiger partial charge in [0.15, 0.2) is 6.04 Å². The van der Waals surface area contributed by atoms with Gasteiger partial charge in [0.2, 0.25) is 0 Å². The van der Waals surface area contributed by atoms with E-state index >= 15 is 0 Å². The number of aliphatic carboxylic acids is 1. The fourth-order valence-corrected chi connectivity index (χ4v) is 2.53. The molecule has 0 bridgehead atoms. The van der Waals surface area contributed by atoms with E-state index in [2.05, 4.69) is 5.32 Å². The number of ether oxygens (including phenoxy) is 1. The van der Waals surface area contributed by atoms with Crippen LogP contribution in [-0.4, -0.2) is 24.0 Å². The van der Waals surface area contributed by atoms with Gasteiger partial charge in [-0.1, -0.05) is 0 Å². The second kappa shape index (κ2) is 7.04. The summed E-state index contributed by atoms with van der Waals surface area (Å²) < 4.78 is 5.28. The molecule has 24 heavy (non-hydrogen) atoms. The van der Waals surface area contributed by atoms with Crippen molar-refractivity contribution in [1.29, 1.82) is 5.41 Å². The minimum Gasteiger partial charge on any atom is -0.496 e. The monoisotopic (exact) mass is 327 g/mol. The molecule has 0 amide bonds. The summed E-state index contributed by atoms with van der Waals surface area (Å²) in [6, 6.07) is 9.53. The van der Waals surface area contributed by atoms with Crippen LogP contribution in [-0.2, 0) is 4.79 Å². The van der Waals surface area contributed by atoms with Gasteiger partial charge in [-0.3, -0.25) is 5.41 Å². The van der Waals surface area contributed by atoms with Gasteiger partial charge < -0.3 is 20.9 Å². The van der Waals surface area contributed by atoms with E-state index < -0.39 is 12.0 Å². The number of amidine groups is 1. The minimum absolute atomic E-state index is 0.0297. The normalized spacial score (nSPS) is 11.6. The molecule has 0 saturated carbocycles. The van der Waals surface area contributed by atoms with Crippen molar-refractivity contribution in [3.8, 4) is 5.75 Å². The van der Waals surface area contributed by atoms with E-state index in [0.29, 0.717) is 16.8 Å². The number of hydrogen-bond acceptors (Lipinski definition) is 4. The first-order valence-electron chi connectivity index (χ1n) is 7.42. The first-order valence-corrected chi connectivity index (χ1v) is 7.42. The average molecular weight is 327 g/mol. The van der Waals surface area contributed by atoms with Crippen LogP contribution < -0.4 is 15.8 Å². The van der Waals surface area contributed by atoms with Crippen molar-refractivity contribution in [1.82, 2.24) is 0 Å². The smallest absolute Gasteiger partial charge is 0.330 e. The molecule has 0 spiro atoms. The number of aryl methyl sites for hydroxylation is 2. The van der Waals surface area contributed by atoms with Crippen molar-refractivity contribution in [2.45, 2.75) is 19.9 Å². The molecule has 1 atom stereocenters. The lowest BCUT2D eigenvalue weighted by molar-refractivity contribution is -0.138. The highest BCUT2D eigenvalue weighted by Crippen LogP contribution is 2.29. The number of rotatable bonds is 6. The Balaban J connectivity index is 2.35. The largest absolute Gasteiger partial charge is 0.496 e. The maximum atomic E-state index is 11.7. The molecular weight excluding hydrogens is 306 g/mol. The maximum Gasteiger partial charge on any atom is 0.330 e. The standard InChI is InChI=1S/C18H21N3O3/c1-10-9-15(24-3)11(2)8-14(10)16(18(22)23)21-13-6-4-12(5-7-13)17(19)20/h4-9,16,21H,1-3H3,(H3,19,20)(H,22,23). The fourth-order valence-electron chi connectivity index (χ4n) is 2.53. The molecule has 0 saturated heterocycles. The highest BCUT2D eigenvalue weighted by molar-refractivity contribution is 5.95. The lowest BCUT2D eigenvalue weighted by Crippen LogP contribution is -2.22. The molecule has 0 aliphatic carbocycles. The third-order valence-electron chi connectivity index (χ3n) is 3.85. The van der Waals surface area contributed by atoms with Crippen molar-refractivity contribution in [3.05, 3.63) is 58.7 Å². The van der Waals surface area contributed by atoms with Gasteiger partial charge in [-0.2, -0.15) is 0 Å². The predicted molar refractivity (Wildman–Crippen MR) is 93.9 cm³/mol. The van der Waals surface area contributed by atoms with Gasteiger partial charge in [0.25, 0.3) is 0 Å². The molecule has 126 valence electrons. The number of benzene rings is 2. The number of carboxylic acid groups (broad SMARTS) is 1. The Morgan fingerprint density at radius 3 is 2.33 bits per heavy atom. The van der Waals surface area contributed by atoms with Gasteiger partial charge >= 0.3 is 5.97 Å². The number of anilines is 1. The summed E-state index contributed by atoms with van der Waals surface area (Å²) in [6.07, 6.45) is 0. The number of hydrogen-bond donors (Lipinski definition) is 4. The summed E-state index contributed by atoms with van der Waals surface area (Å²) >= 11 is 0. The maximum absolute atomic E-state index is 11.7. The van der Waals surface area contributed by atoms with Crippen molar-refractivity contribution in [2.24, 2.45) is 5.73 Å². The van der Waals surface area contributed by atoms with Crippen LogP contribution in [0.25, 0.3) is 0 Å². The van der Waals surface area contributed by atoms with Crippen LogP contribution in [0.15, 0.2) is 36.4 Å². The minimum atomic E-state index is -0.974. The predicted octanol–water partition coefficient (Wildman–Crippen LogP) is 2.83. The van der Waals surface area contributed by atoms with Crippen LogP contribution in [0.5, 0.6) is 5.75 Å². The topological polar surface area (TPSA) is 108 Å². The van der Waals surface area contributed by atoms with E-state index in [1.54, 1.807) is 31.4 Å². The number of carbonyl (C=O) groups is 1. The summed E-state index contributed by atoms with van der Waals surface area (Å²) in [7, 11) is 1.59. The van der Waals surface area contributed by atoms with Crippen molar-refractivity contribution >= 4 is 17.5 Å². The van der Waals surface area contributed by atoms with Gasteiger partial charge in [-0.25, -0.2) is 4.79 Å². The van der Waals surface area contributed by atoms with E-state index in [0.717, 1.165) is 16.9 Å². The highest BCUT2D eigenvalue weighted by atomic mass is 16.5. The molecule has 1 unspecified atom stereocenters. The van der Waals surface area contributed by atoms with E-state index in [-0.39, 0.29) is 5.84 Å². The Kier molecular flexibility index (Phi) is 5.08. The summed E-state index contributed by atoms with van der Waals surface area (Å²) in [6.45, 7) is 3.73. The Hall–Kier alpha value is -3.02. The zero-order valence-electron chi connectivity index (χ0n) is 13.9. The molecule has 5 N–H and O–H groups in total. The summed E-state index contributed by atoms with van der Waals surface area (Å²) in [5.74, 6) is -0.275. The Labute approximate surface area is 140 Å². The third kappa shape index (κ3) is 3.65. The van der Waals surface area contributed by atoms with E-state index in [1.165, 1.54) is 0 Å². The number of methoxy groups -OCH3 is 1. The molecule has 6 heteroatoms. The van der Waals surface area contributed by atoms with E-state index in [9.17, 15) is 9.90 Å². The zero-order chi connectivity index (χ0) is 17.9. The zero-order valence-corrected chi connectivity index (χ0v) is 13.9. The number of nitrogens with two attached hydrogens (primary N) is 1. The third-order valence-corrected chi connectivity index (χ3v) is 3.85. The Morgan fingerprint density at radius 1 is 1.21 bits per heavy atom. The average Bonchev–Trinajstić information content (AvgIpc) is 2.54. The molecule has 2 aromatic carbocycles. The van der Waals surface area contributed by atoms with Crippen LogP contribution in [0.3, 0.4) is 0 Å². The fraction of sp³-hybridized carbons (Fsp3) is 0.222. The first-order chi connectivity index (χ1) is 11.3. The van der Waals surface area contributed by atoms with Crippen LogP contribution in [0.4, 0.5) is 5.69 Å². The molecule has 0 aliphatic heterocycles. The Morgan fingerprint density at radius 2 is 1.83 bits per heavy atom. The molecule has 0 heterocycles. The van der Waals surface area contributed by atoms with Gasteiger partial charge in [0, 0.05) is 11.3 Å². The van der Waals surface area contributed by atoms with Gasteiger partial charge in [-0.15, -0.1) is 0 Å². The second-order valence-electron chi connectivity index (χ2n) is 5.59. The molecule has 2 aromatic rings. The number of carboxylic acids is 1. The molecular formula is C18H21N3O3. The summed E-state index contributed by atoms with van der Waals surface area (Å²) in [5.41, 5.74) is 9.03. The van der Waals surface area contributed by atoms with Crippen LogP contribution in [0.2, 0.25) is 0 Å². The molecule has 0 aliphatic rings. The number of nitrogens with one attached hydrogen (secondary N) is 2. The van der Waals surface area contributed by atoms with Gasteiger partial charge in [0.1, 0.15) is 11.6 Å². The second-order valence-corrected chi connectivity index (χ2v) is 5.59. The van der Waals surface area contributed by atoms with Crippen molar-refractivity contribution in [2.75, 3.05) is 12.4 Å². The molecule has 0 radical (unpaired) electrons. The lowest BCUT2D eigenvalue weighted by Gasteiger charge is -2.20. The van der Waals surface area contributed by atoms with Gasteiger partial charge in [0.05, 0.1) is 7.11 Å². The molecule has 2 rings (SSSR count). The molecule has 0 aromatic heterocycles.